The molecule has 0 saturated carbocycles. The van der Waals surface area contributed by atoms with Gasteiger partial charge in [-0.05, 0) is 62.1 Å². The number of ether oxygens (including phenoxy) is 3. The van der Waals surface area contributed by atoms with Crippen molar-refractivity contribution in [3.8, 4) is 11.4 Å². The minimum Gasteiger partial charge on any atom is -0.457 e. The smallest absolute Gasteiger partial charge is 0.457 e. The lowest BCUT2D eigenvalue weighted by molar-refractivity contribution is -0.175. The molecule has 0 aliphatic carbocycles. The molecule has 2 aromatic heterocycles. The first-order valence-corrected chi connectivity index (χ1v) is 17.7. The summed E-state index contributed by atoms with van der Waals surface area (Å²) in [6, 6.07) is 16.3. The molecule has 252 valence electrons. The van der Waals surface area contributed by atoms with Crippen LogP contribution in [0.1, 0.15) is 55.0 Å². The van der Waals surface area contributed by atoms with Crippen molar-refractivity contribution < 1.29 is 32.2 Å². The summed E-state index contributed by atoms with van der Waals surface area (Å²) >= 11 is 0. The Morgan fingerprint density at radius 1 is 1.12 bits per heavy atom. The average molecular weight is 675 g/mol. The molecule has 48 heavy (non-hydrogen) atoms. The molecule has 2 aliphatic rings. The summed E-state index contributed by atoms with van der Waals surface area (Å²) < 4.78 is 44.8. The maximum atomic E-state index is 14.1. The van der Waals surface area contributed by atoms with Gasteiger partial charge in [-0.3, -0.25) is 4.79 Å². The van der Waals surface area contributed by atoms with Crippen molar-refractivity contribution in [2.75, 3.05) is 25.2 Å². The van der Waals surface area contributed by atoms with Crippen LogP contribution in [0, 0.1) is 0 Å². The van der Waals surface area contributed by atoms with Gasteiger partial charge in [0.25, 0.3) is 5.56 Å². The Hall–Kier alpha value is -4.75. The number of aromatic nitrogens is 2. The molecule has 6 rings (SSSR count). The number of hydrogen-bond acceptors (Lipinski definition) is 10. The number of carbonyl (C=O) groups excluding carboxylic acids is 2. The Bertz CT molecular complexity index is 2090. The molecule has 0 amide bonds. The van der Waals surface area contributed by atoms with Crippen molar-refractivity contribution in [3.63, 3.8) is 0 Å². The summed E-state index contributed by atoms with van der Waals surface area (Å²) in [6.07, 6.45) is 0.511. The number of fused-ring (bicyclic) bond motifs is 5. The Kier molecular flexibility index (Phi) is 8.77. The van der Waals surface area contributed by atoms with Gasteiger partial charge in [0.05, 0.1) is 35.3 Å². The van der Waals surface area contributed by atoms with Crippen LogP contribution in [-0.2, 0) is 60.8 Å². The molecule has 12 nitrogen and oxygen atoms in total. The number of cyclic esters (lactones) is 1. The van der Waals surface area contributed by atoms with Crippen molar-refractivity contribution >= 4 is 38.7 Å². The Balaban J connectivity index is 1.40. The molecule has 0 saturated heterocycles. The molecular weight excluding hydrogens is 636 g/mol. The summed E-state index contributed by atoms with van der Waals surface area (Å²) in [4.78, 5) is 45.5. The van der Waals surface area contributed by atoms with E-state index in [9.17, 15) is 22.8 Å². The van der Waals surface area contributed by atoms with E-state index in [1.165, 1.54) is 10.6 Å². The van der Waals surface area contributed by atoms with Crippen LogP contribution < -0.4 is 10.9 Å². The monoisotopic (exact) mass is 674 g/mol. The lowest BCUT2D eigenvalue weighted by atomic mass is 9.85. The van der Waals surface area contributed by atoms with E-state index in [0.29, 0.717) is 23.3 Å². The molecule has 1 atom stereocenters. The third-order valence-electron chi connectivity index (χ3n) is 9.12. The summed E-state index contributed by atoms with van der Waals surface area (Å²) in [5.41, 5.74) is 3.16. The van der Waals surface area contributed by atoms with Gasteiger partial charge in [-0.25, -0.2) is 23.0 Å². The van der Waals surface area contributed by atoms with E-state index in [1.807, 2.05) is 50.2 Å². The molecule has 0 fully saturated rings. The van der Waals surface area contributed by atoms with Gasteiger partial charge in [0.1, 0.15) is 13.2 Å². The van der Waals surface area contributed by atoms with Crippen LogP contribution in [0.4, 0.5) is 10.5 Å². The zero-order valence-electron chi connectivity index (χ0n) is 27.5. The molecular formula is C35H38N4O8S. The normalized spacial score (nSPS) is 16.8. The second kappa shape index (κ2) is 12.7. The Morgan fingerprint density at radius 2 is 1.85 bits per heavy atom. The van der Waals surface area contributed by atoms with Crippen LogP contribution >= 0.6 is 0 Å². The molecule has 2 aliphatic heterocycles. The lowest BCUT2D eigenvalue weighted by Gasteiger charge is -2.35. The molecule has 1 N–H and O–H groups in total. The van der Waals surface area contributed by atoms with E-state index in [4.69, 9.17) is 19.2 Å². The first-order chi connectivity index (χ1) is 22.9. The number of benzene rings is 2. The van der Waals surface area contributed by atoms with Gasteiger partial charge in [0, 0.05) is 41.8 Å². The number of sulfonamides is 1. The molecule has 2 aromatic carbocycles. The van der Waals surface area contributed by atoms with Gasteiger partial charge in [0.15, 0.2) is 0 Å². The summed E-state index contributed by atoms with van der Waals surface area (Å²) in [7, 11) is -1.67. The first kappa shape index (κ1) is 33.2. The zero-order valence-corrected chi connectivity index (χ0v) is 28.3. The van der Waals surface area contributed by atoms with Gasteiger partial charge >= 0.3 is 12.1 Å². The highest BCUT2D eigenvalue weighted by molar-refractivity contribution is 7.88. The fraction of sp³-hybridized carbons (Fsp3) is 0.371. The third kappa shape index (κ3) is 5.81. The van der Waals surface area contributed by atoms with E-state index in [1.54, 1.807) is 36.7 Å². The van der Waals surface area contributed by atoms with E-state index >= 15 is 0 Å². The summed E-state index contributed by atoms with van der Waals surface area (Å²) in [5, 5.41) is 3.89. The van der Waals surface area contributed by atoms with Gasteiger partial charge < -0.3 is 24.1 Å². The van der Waals surface area contributed by atoms with Crippen LogP contribution in [0.5, 0.6) is 0 Å². The maximum Gasteiger partial charge on any atom is 0.510 e. The molecule has 0 radical (unpaired) electrons. The van der Waals surface area contributed by atoms with Crippen molar-refractivity contribution in [2.45, 2.75) is 65.0 Å². The zero-order chi connectivity index (χ0) is 34.4. The standard InChI is InChI=1S/C35H38N4O8S/c1-6-35(47-34(42)46-19-22-11-13-23(36-4)14-12-22)28-17-30-31-26(18-38(30)32(40)27(28)20-45-33(35)41)24(25-9-7-8-10-29(25)37-31)15-16-39(21(2)3)48(5,43)44/h7-14,17,21,36H,6,15-16,18-20H2,1-5H3/t35-/m0/s1. The van der Waals surface area contributed by atoms with Crippen LogP contribution in [0.25, 0.3) is 22.3 Å². The number of nitrogens with one attached hydrogen (secondary N) is 1. The van der Waals surface area contributed by atoms with Crippen molar-refractivity contribution in [3.05, 3.63) is 92.8 Å². The largest absolute Gasteiger partial charge is 0.510 e. The predicted molar refractivity (Wildman–Crippen MR) is 180 cm³/mol. The number of nitrogens with zero attached hydrogens (tertiary/aromatic N) is 3. The van der Waals surface area contributed by atoms with Gasteiger partial charge in [-0.2, -0.15) is 4.31 Å². The maximum absolute atomic E-state index is 14.1. The fourth-order valence-corrected chi connectivity index (χ4v) is 7.86. The third-order valence-corrected chi connectivity index (χ3v) is 10.6. The van der Waals surface area contributed by atoms with E-state index in [-0.39, 0.29) is 55.5 Å². The minimum atomic E-state index is -3.46. The van der Waals surface area contributed by atoms with Crippen molar-refractivity contribution in [1.82, 2.24) is 13.9 Å². The van der Waals surface area contributed by atoms with Crippen LogP contribution in [0.15, 0.2) is 59.4 Å². The van der Waals surface area contributed by atoms with E-state index in [2.05, 4.69) is 5.32 Å². The van der Waals surface area contributed by atoms with Gasteiger partial charge in [-0.1, -0.05) is 37.3 Å². The molecule has 13 heteroatoms. The average Bonchev–Trinajstić information content (AvgIpc) is 3.43. The number of rotatable bonds is 10. The molecule has 0 unspecified atom stereocenters. The highest BCUT2D eigenvalue weighted by Gasteiger charge is 2.51. The van der Waals surface area contributed by atoms with E-state index < -0.39 is 27.7 Å². The first-order valence-electron chi connectivity index (χ1n) is 15.8. The lowest BCUT2D eigenvalue weighted by Crippen LogP contribution is -2.47. The van der Waals surface area contributed by atoms with Crippen LogP contribution in [-0.4, -0.2) is 60.3 Å². The molecule has 4 heterocycles. The summed E-state index contributed by atoms with van der Waals surface area (Å²) in [5.74, 6) is -0.794. The topological polar surface area (TPSA) is 146 Å². The fourth-order valence-electron chi connectivity index (χ4n) is 6.67. The molecule has 0 spiro atoms. The molecule has 4 aromatic rings. The Morgan fingerprint density at radius 3 is 2.52 bits per heavy atom. The van der Waals surface area contributed by atoms with Crippen molar-refractivity contribution in [1.29, 1.82) is 0 Å². The van der Waals surface area contributed by atoms with E-state index in [0.717, 1.165) is 27.8 Å². The van der Waals surface area contributed by atoms with Crippen molar-refractivity contribution in [2.24, 2.45) is 0 Å². The Labute approximate surface area is 278 Å². The SMILES string of the molecule is CC[C@@]1(OC(=O)OCc2ccc(NC)cc2)C(=O)OCc2c1cc1n(c2=O)Cc2c-1nc1ccccc1c2CCN(C(C)C)S(C)(=O)=O. The highest BCUT2D eigenvalue weighted by Crippen LogP contribution is 2.42. The quantitative estimate of drug-likeness (QED) is 0.207. The van der Waals surface area contributed by atoms with Gasteiger partial charge in [0.2, 0.25) is 15.6 Å². The number of esters is 1. The second-order valence-electron chi connectivity index (χ2n) is 12.3. The summed E-state index contributed by atoms with van der Waals surface area (Å²) in [6.45, 7) is 5.42. The molecule has 0 bridgehead atoms. The number of para-hydroxylation sites is 1. The number of hydrogen-bond donors (Lipinski definition) is 1. The van der Waals surface area contributed by atoms with Gasteiger partial charge in [-0.15, -0.1) is 0 Å². The highest BCUT2D eigenvalue weighted by atomic mass is 32.2. The number of pyridine rings is 2. The second-order valence-corrected chi connectivity index (χ2v) is 14.2. The van der Waals surface area contributed by atoms with Crippen LogP contribution in [0.3, 0.4) is 0 Å². The predicted octanol–water partition coefficient (Wildman–Crippen LogP) is 4.69. The number of anilines is 1. The minimum absolute atomic E-state index is 0.00647. The van der Waals surface area contributed by atoms with Crippen LogP contribution in [0.2, 0.25) is 0 Å². The number of carbonyl (C=O) groups is 2.